The molecule has 1 aliphatic rings. The summed E-state index contributed by atoms with van der Waals surface area (Å²) in [4.78, 5) is 2.15. The minimum absolute atomic E-state index is 0.131. The van der Waals surface area contributed by atoms with E-state index in [-0.39, 0.29) is 6.61 Å². The van der Waals surface area contributed by atoms with Crippen LogP contribution in [0.2, 0.25) is 0 Å². The second kappa shape index (κ2) is 3.42. The Kier molecular flexibility index (Phi) is 2.51. The third-order valence-electron chi connectivity index (χ3n) is 1.73. The Balaban J connectivity index is 2.46. The number of rotatable bonds is 3. The third kappa shape index (κ3) is 1.39. The molecule has 1 N–H and O–H groups in total. The van der Waals surface area contributed by atoms with Crippen molar-refractivity contribution in [1.29, 1.82) is 0 Å². The van der Waals surface area contributed by atoms with Gasteiger partial charge in [0.15, 0.2) is 0 Å². The molecule has 1 saturated heterocycles. The molecule has 56 valence electrons. The van der Waals surface area contributed by atoms with Crippen molar-refractivity contribution in [1.82, 2.24) is 4.90 Å². The first-order valence-corrected chi connectivity index (χ1v) is 3.56. The van der Waals surface area contributed by atoms with E-state index in [1.54, 1.807) is 6.08 Å². The largest absolute Gasteiger partial charge is 0.390 e. The van der Waals surface area contributed by atoms with E-state index in [2.05, 4.69) is 11.5 Å². The molecule has 1 fully saturated rings. The summed E-state index contributed by atoms with van der Waals surface area (Å²) in [5.41, 5.74) is 0.987. The van der Waals surface area contributed by atoms with Gasteiger partial charge in [0.2, 0.25) is 0 Å². The number of aliphatic hydroxyl groups is 1. The van der Waals surface area contributed by atoms with Crippen LogP contribution < -0.4 is 0 Å². The van der Waals surface area contributed by atoms with Gasteiger partial charge in [-0.2, -0.15) is 0 Å². The highest BCUT2D eigenvalue weighted by molar-refractivity contribution is 5.11. The fraction of sp³-hybridized carbons (Fsp3) is 0.500. The van der Waals surface area contributed by atoms with Gasteiger partial charge in [0.25, 0.3) is 0 Å². The molecule has 0 saturated carbocycles. The van der Waals surface area contributed by atoms with Gasteiger partial charge < -0.3 is 10.0 Å². The smallest absolute Gasteiger partial charge is 0.0829 e. The van der Waals surface area contributed by atoms with Gasteiger partial charge in [-0.1, -0.05) is 12.7 Å². The Hall–Kier alpha value is -0.760. The molecule has 1 rings (SSSR count). The minimum atomic E-state index is 0.131. The summed E-state index contributed by atoms with van der Waals surface area (Å²) < 4.78 is 0. The molecule has 0 atom stereocenters. The first kappa shape index (κ1) is 7.35. The molecule has 2 heteroatoms. The van der Waals surface area contributed by atoms with Gasteiger partial charge in [-0.15, -0.1) is 0 Å². The Morgan fingerprint density at radius 2 is 2.30 bits per heavy atom. The molecule has 0 aliphatic carbocycles. The Labute approximate surface area is 61.5 Å². The van der Waals surface area contributed by atoms with Gasteiger partial charge in [0.05, 0.1) is 6.61 Å². The normalized spacial score (nSPS) is 18.5. The molecule has 1 aliphatic heterocycles. The van der Waals surface area contributed by atoms with Gasteiger partial charge in [-0.3, -0.25) is 0 Å². The van der Waals surface area contributed by atoms with Gasteiger partial charge >= 0.3 is 0 Å². The predicted octanol–water partition coefficient (Wildman–Crippen LogP) is 0.754. The van der Waals surface area contributed by atoms with Crippen molar-refractivity contribution in [2.75, 3.05) is 19.7 Å². The Morgan fingerprint density at radius 1 is 1.60 bits per heavy atom. The number of nitrogens with zero attached hydrogens (tertiary/aromatic N) is 1. The van der Waals surface area contributed by atoms with E-state index in [9.17, 15) is 0 Å². The summed E-state index contributed by atoms with van der Waals surface area (Å²) in [7, 11) is 0. The van der Waals surface area contributed by atoms with E-state index in [0.29, 0.717) is 0 Å². The van der Waals surface area contributed by atoms with E-state index in [1.165, 1.54) is 6.42 Å². The molecule has 0 bridgehead atoms. The number of aliphatic hydroxyl groups excluding tert-OH is 1. The highest BCUT2D eigenvalue weighted by Crippen LogP contribution is 2.13. The number of hydrogen-bond acceptors (Lipinski definition) is 2. The summed E-state index contributed by atoms with van der Waals surface area (Å²) in [5.74, 6) is 0. The van der Waals surface area contributed by atoms with Gasteiger partial charge in [0.1, 0.15) is 0 Å². The summed E-state index contributed by atoms with van der Waals surface area (Å²) in [6.45, 7) is 5.87. The highest BCUT2D eigenvalue weighted by Gasteiger charge is 2.14. The van der Waals surface area contributed by atoms with E-state index >= 15 is 0 Å². The fourth-order valence-electron chi connectivity index (χ4n) is 0.998. The Morgan fingerprint density at radius 3 is 2.60 bits per heavy atom. The van der Waals surface area contributed by atoms with Crippen molar-refractivity contribution in [3.05, 3.63) is 24.4 Å². The highest BCUT2D eigenvalue weighted by atomic mass is 16.3. The SMILES string of the molecule is C=C/C=C(\CO)N1CCC1. The molecule has 0 amide bonds. The molecule has 0 aromatic rings. The van der Waals surface area contributed by atoms with Crippen molar-refractivity contribution in [2.45, 2.75) is 6.42 Å². The van der Waals surface area contributed by atoms with E-state index in [4.69, 9.17) is 5.11 Å². The quantitative estimate of drug-likeness (QED) is 0.583. The van der Waals surface area contributed by atoms with E-state index < -0.39 is 0 Å². The van der Waals surface area contributed by atoms with Crippen molar-refractivity contribution in [3.63, 3.8) is 0 Å². The molecular weight excluding hydrogens is 126 g/mol. The van der Waals surface area contributed by atoms with Gasteiger partial charge in [-0.25, -0.2) is 0 Å². The zero-order chi connectivity index (χ0) is 7.40. The Bertz CT molecular complexity index is 147. The fourth-order valence-corrected chi connectivity index (χ4v) is 0.998. The first-order valence-electron chi connectivity index (χ1n) is 3.56. The van der Waals surface area contributed by atoms with Crippen LogP contribution in [0.5, 0.6) is 0 Å². The molecule has 2 nitrogen and oxygen atoms in total. The van der Waals surface area contributed by atoms with Crippen molar-refractivity contribution in [3.8, 4) is 0 Å². The maximum absolute atomic E-state index is 8.83. The average molecular weight is 139 g/mol. The standard InChI is InChI=1S/C8H13NO/c1-2-4-8(7-10)9-5-3-6-9/h2,4,10H,1,3,5-7H2/b8-4+. The van der Waals surface area contributed by atoms with Crippen molar-refractivity contribution < 1.29 is 5.11 Å². The molecule has 10 heavy (non-hydrogen) atoms. The maximum Gasteiger partial charge on any atom is 0.0829 e. The summed E-state index contributed by atoms with van der Waals surface area (Å²) in [5, 5.41) is 8.83. The van der Waals surface area contributed by atoms with Crippen molar-refractivity contribution >= 4 is 0 Å². The van der Waals surface area contributed by atoms with Crippen LogP contribution in [0.1, 0.15) is 6.42 Å². The summed E-state index contributed by atoms with van der Waals surface area (Å²) in [6.07, 6.45) is 4.82. The monoisotopic (exact) mass is 139 g/mol. The zero-order valence-corrected chi connectivity index (χ0v) is 6.08. The van der Waals surface area contributed by atoms with Crippen LogP contribution in [0.15, 0.2) is 24.4 Å². The third-order valence-corrected chi connectivity index (χ3v) is 1.73. The van der Waals surface area contributed by atoms with E-state index in [1.807, 2.05) is 6.08 Å². The molecule has 1 heterocycles. The topological polar surface area (TPSA) is 23.5 Å². The first-order chi connectivity index (χ1) is 4.88. The number of hydrogen-bond donors (Lipinski definition) is 1. The molecule has 0 unspecified atom stereocenters. The summed E-state index contributed by atoms with van der Waals surface area (Å²) >= 11 is 0. The number of likely N-dealkylation sites (tertiary alicyclic amines) is 1. The van der Waals surface area contributed by atoms with Crippen LogP contribution in [-0.4, -0.2) is 29.7 Å². The lowest BCUT2D eigenvalue weighted by atomic mass is 10.2. The number of allylic oxidation sites excluding steroid dienone is 2. The lowest BCUT2D eigenvalue weighted by molar-refractivity contribution is 0.192. The lowest BCUT2D eigenvalue weighted by Crippen LogP contribution is -2.37. The zero-order valence-electron chi connectivity index (χ0n) is 6.08. The average Bonchev–Trinajstić information content (AvgIpc) is 1.83. The molecule has 0 spiro atoms. The van der Waals surface area contributed by atoms with Crippen molar-refractivity contribution in [2.24, 2.45) is 0 Å². The second-order valence-corrected chi connectivity index (χ2v) is 2.39. The lowest BCUT2D eigenvalue weighted by Gasteiger charge is -2.34. The van der Waals surface area contributed by atoms with Crippen LogP contribution in [0.25, 0.3) is 0 Å². The molecule has 0 aromatic heterocycles. The van der Waals surface area contributed by atoms with Crippen LogP contribution in [0, 0.1) is 0 Å². The molecule has 0 aromatic carbocycles. The molecule has 0 radical (unpaired) electrons. The van der Waals surface area contributed by atoms with Crippen LogP contribution >= 0.6 is 0 Å². The predicted molar refractivity (Wildman–Crippen MR) is 41.6 cm³/mol. The molecular formula is C8H13NO. The van der Waals surface area contributed by atoms with E-state index in [0.717, 1.165) is 18.8 Å². The van der Waals surface area contributed by atoms with Crippen LogP contribution in [-0.2, 0) is 0 Å². The van der Waals surface area contributed by atoms with Crippen LogP contribution in [0.3, 0.4) is 0 Å². The van der Waals surface area contributed by atoms with Gasteiger partial charge in [0, 0.05) is 18.8 Å². The van der Waals surface area contributed by atoms with Gasteiger partial charge in [-0.05, 0) is 12.5 Å². The summed E-state index contributed by atoms with van der Waals surface area (Å²) in [6, 6.07) is 0. The minimum Gasteiger partial charge on any atom is -0.390 e. The maximum atomic E-state index is 8.83. The second-order valence-electron chi connectivity index (χ2n) is 2.39. The van der Waals surface area contributed by atoms with Crippen LogP contribution in [0.4, 0.5) is 0 Å².